The summed E-state index contributed by atoms with van der Waals surface area (Å²) in [5.74, 6) is 1.68. The minimum absolute atomic E-state index is 0.825. The fraction of sp³-hybridized carbons (Fsp3) is 0.583. The molecular formula is C12H15NS. The van der Waals surface area contributed by atoms with Gasteiger partial charge in [0.25, 0.3) is 0 Å². The SMILES string of the molecule is CSc1nccc2c1C1CCC2CC1. The van der Waals surface area contributed by atoms with E-state index in [1.807, 2.05) is 18.0 Å². The average molecular weight is 205 g/mol. The second kappa shape index (κ2) is 3.27. The molecule has 14 heavy (non-hydrogen) atoms. The van der Waals surface area contributed by atoms with Crippen LogP contribution in [0.1, 0.15) is 48.6 Å². The summed E-state index contributed by atoms with van der Waals surface area (Å²) in [6, 6.07) is 2.26. The molecule has 0 spiro atoms. The van der Waals surface area contributed by atoms with Crippen molar-refractivity contribution in [2.75, 3.05) is 6.26 Å². The minimum Gasteiger partial charge on any atom is -0.250 e. The third-order valence-corrected chi connectivity index (χ3v) is 4.47. The van der Waals surface area contributed by atoms with Crippen molar-refractivity contribution in [2.24, 2.45) is 0 Å². The maximum atomic E-state index is 4.49. The van der Waals surface area contributed by atoms with Crippen LogP contribution in [0.2, 0.25) is 0 Å². The summed E-state index contributed by atoms with van der Waals surface area (Å²) >= 11 is 1.81. The van der Waals surface area contributed by atoms with Crippen LogP contribution in [0.3, 0.4) is 0 Å². The number of pyridine rings is 1. The van der Waals surface area contributed by atoms with Crippen LogP contribution in [0.4, 0.5) is 0 Å². The highest BCUT2D eigenvalue weighted by atomic mass is 32.2. The van der Waals surface area contributed by atoms with Crippen LogP contribution in [-0.4, -0.2) is 11.2 Å². The van der Waals surface area contributed by atoms with Crippen molar-refractivity contribution in [3.8, 4) is 0 Å². The van der Waals surface area contributed by atoms with Gasteiger partial charge in [-0.1, -0.05) is 0 Å². The fourth-order valence-electron chi connectivity index (χ4n) is 3.09. The van der Waals surface area contributed by atoms with Crippen LogP contribution in [0, 0.1) is 0 Å². The average Bonchev–Trinajstić information content (AvgIpc) is 2.30. The van der Waals surface area contributed by atoms with Gasteiger partial charge in [0, 0.05) is 6.20 Å². The highest BCUT2D eigenvalue weighted by Gasteiger charge is 2.34. The van der Waals surface area contributed by atoms with Gasteiger partial charge in [0.05, 0.1) is 5.03 Å². The summed E-state index contributed by atoms with van der Waals surface area (Å²) in [4.78, 5) is 4.49. The third-order valence-electron chi connectivity index (χ3n) is 3.76. The molecule has 74 valence electrons. The Morgan fingerprint density at radius 2 is 1.93 bits per heavy atom. The first kappa shape index (κ1) is 8.78. The maximum absolute atomic E-state index is 4.49. The molecule has 0 N–H and O–H groups in total. The van der Waals surface area contributed by atoms with Gasteiger partial charge in [-0.3, -0.25) is 0 Å². The first-order valence-electron chi connectivity index (χ1n) is 5.43. The maximum Gasteiger partial charge on any atom is 0.0994 e. The number of fused-ring (bicyclic) bond motifs is 2. The van der Waals surface area contributed by atoms with Crippen LogP contribution in [0.15, 0.2) is 17.3 Å². The lowest BCUT2D eigenvalue weighted by molar-refractivity contribution is 0.352. The molecule has 0 unspecified atom stereocenters. The molecule has 1 aromatic heterocycles. The van der Waals surface area contributed by atoms with Crippen molar-refractivity contribution in [2.45, 2.75) is 42.5 Å². The van der Waals surface area contributed by atoms with Gasteiger partial charge in [-0.2, -0.15) is 0 Å². The smallest absolute Gasteiger partial charge is 0.0994 e. The van der Waals surface area contributed by atoms with Crippen LogP contribution >= 0.6 is 11.8 Å². The molecule has 1 saturated carbocycles. The molecule has 1 aromatic rings. The number of rotatable bonds is 1. The Bertz CT molecular complexity index is 353. The lowest BCUT2D eigenvalue weighted by Crippen LogP contribution is -2.22. The Morgan fingerprint density at radius 3 is 2.64 bits per heavy atom. The van der Waals surface area contributed by atoms with E-state index in [0.717, 1.165) is 11.8 Å². The van der Waals surface area contributed by atoms with Crippen molar-refractivity contribution < 1.29 is 0 Å². The van der Waals surface area contributed by atoms with Crippen LogP contribution < -0.4 is 0 Å². The van der Waals surface area contributed by atoms with E-state index in [0.29, 0.717) is 0 Å². The topological polar surface area (TPSA) is 12.9 Å². The van der Waals surface area contributed by atoms with Crippen LogP contribution in [-0.2, 0) is 0 Å². The first-order valence-corrected chi connectivity index (χ1v) is 6.65. The highest BCUT2D eigenvalue weighted by molar-refractivity contribution is 7.98. The largest absolute Gasteiger partial charge is 0.250 e. The molecule has 1 nitrogen and oxygen atoms in total. The van der Waals surface area contributed by atoms with Crippen molar-refractivity contribution in [3.63, 3.8) is 0 Å². The van der Waals surface area contributed by atoms with Crippen molar-refractivity contribution in [1.82, 2.24) is 4.98 Å². The molecule has 0 saturated heterocycles. The zero-order valence-electron chi connectivity index (χ0n) is 8.49. The Kier molecular flexibility index (Phi) is 2.05. The molecule has 2 bridgehead atoms. The fourth-order valence-corrected chi connectivity index (χ4v) is 3.76. The minimum atomic E-state index is 0.825. The second-order valence-corrected chi connectivity index (χ2v) is 5.17. The zero-order chi connectivity index (χ0) is 9.54. The quantitative estimate of drug-likeness (QED) is 0.650. The van der Waals surface area contributed by atoms with E-state index in [9.17, 15) is 0 Å². The summed E-state index contributed by atoms with van der Waals surface area (Å²) in [6.07, 6.45) is 9.76. The van der Waals surface area contributed by atoms with E-state index in [1.165, 1.54) is 30.7 Å². The highest BCUT2D eigenvalue weighted by Crippen LogP contribution is 2.51. The molecule has 4 rings (SSSR count). The van der Waals surface area contributed by atoms with E-state index in [2.05, 4.69) is 17.3 Å². The number of nitrogens with zero attached hydrogens (tertiary/aromatic N) is 1. The number of thioether (sulfide) groups is 1. The van der Waals surface area contributed by atoms with Crippen molar-refractivity contribution in [1.29, 1.82) is 0 Å². The Hall–Kier alpha value is -0.500. The molecule has 0 aliphatic heterocycles. The van der Waals surface area contributed by atoms with Crippen molar-refractivity contribution in [3.05, 3.63) is 23.4 Å². The van der Waals surface area contributed by atoms with E-state index in [4.69, 9.17) is 0 Å². The predicted octanol–water partition coefficient (Wildman–Crippen LogP) is 3.56. The number of hydrogen-bond donors (Lipinski definition) is 0. The molecule has 0 amide bonds. The van der Waals surface area contributed by atoms with Gasteiger partial charge in [0.15, 0.2) is 0 Å². The van der Waals surface area contributed by atoms with Gasteiger partial charge < -0.3 is 0 Å². The lowest BCUT2D eigenvalue weighted by atomic mass is 9.68. The molecule has 3 aliphatic carbocycles. The summed E-state index contributed by atoms with van der Waals surface area (Å²) < 4.78 is 0. The molecule has 0 radical (unpaired) electrons. The van der Waals surface area contributed by atoms with E-state index in [1.54, 1.807) is 11.1 Å². The Labute approximate surface area is 89.3 Å². The van der Waals surface area contributed by atoms with E-state index >= 15 is 0 Å². The molecule has 1 heterocycles. The zero-order valence-corrected chi connectivity index (χ0v) is 9.31. The summed E-state index contributed by atoms with van der Waals surface area (Å²) in [7, 11) is 0. The Balaban J connectivity index is 2.18. The lowest BCUT2D eigenvalue weighted by Gasteiger charge is -2.38. The van der Waals surface area contributed by atoms with Crippen LogP contribution in [0.5, 0.6) is 0 Å². The molecule has 0 atom stereocenters. The third kappa shape index (κ3) is 1.13. The summed E-state index contributed by atoms with van der Waals surface area (Å²) in [5.41, 5.74) is 3.22. The second-order valence-electron chi connectivity index (χ2n) is 4.37. The van der Waals surface area contributed by atoms with E-state index in [-0.39, 0.29) is 0 Å². The van der Waals surface area contributed by atoms with Gasteiger partial charge in [0.2, 0.25) is 0 Å². The summed E-state index contributed by atoms with van der Waals surface area (Å²) in [6.45, 7) is 0. The molecular weight excluding hydrogens is 190 g/mol. The monoisotopic (exact) mass is 205 g/mol. The normalized spacial score (nSPS) is 28.9. The standard InChI is InChI=1S/C12H15NS/c1-14-12-11-9-4-2-8(3-5-9)10(11)6-7-13-12/h6-9H,2-5H2,1H3. The van der Waals surface area contributed by atoms with Crippen LogP contribution in [0.25, 0.3) is 0 Å². The molecule has 0 aromatic carbocycles. The molecule has 1 fully saturated rings. The predicted molar refractivity (Wildman–Crippen MR) is 60.0 cm³/mol. The van der Waals surface area contributed by atoms with E-state index < -0.39 is 0 Å². The van der Waals surface area contributed by atoms with Crippen molar-refractivity contribution >= 4 is 11.8 Å². The molecule has 2 heteroatoms. The van der Waals surface area contributed by atoms with Gasteiger partial charge in [0.1, 0.15) is 0 Å². The van der Waals surface area contributed by atoms with Gasteiger partial charge >= 0.3 is 0 Å². The van der Waals surface area contributed by atoms with Gasteiger partial charge in [-0.25, -0.2) is 4.98 Å². The molecule has 3 aliphatic rings. The number of hydrogen-bond acceptors (Lipinski definition) is 2. The van der Waals surface area contributed by atoms with Gasteiger partial charge in [-0.05, 0) is 61.0 Å². The summed E-state index contributed by atoms with van der Waals surface area (Å²) in [5, 5.41) is 1.29. The first-order chi connectivity index (χ1) is 6.90. The number of aromatic nitrogens is 1. The van der Waals surface area contributed by atoms with Gasteiger partial charge in [-0.15, -0.1) is 11.8 Å². The Morgan fingerprint density at radius 1 is 1.21 bits per heavy atom.